The Hall–Kier alpha value is -3.74. The van der Waals surface area contributed by atoms with Gasteiger partial charge >= 0.3 is 0 Å². The van der Waals surface area contributed by atoms with Crippen molar-refractivity contribution >= 4 is 23.5 Å². The summed E-state index contributed by atoms with van der Waals surface area (Å²) >= 11 is 0. The molecule has 0 spiro atoms. The molecule has 3 aromatic rings. The molecule has 7 heteroatoms. The maximum Gasteiger partial charge on any atom is 0.261 e. The normalized spacial score (nSPS) is 12.9. The van der Waals surface area contributed by atoms with E-state index in [1.165, 1.54) is 16.5 Å². The number of carbonyl (C=O) groups is 3. The first-order valence-corrected chi connectivity index (χ1v) is 10.5. The molecule has 1 aromatic heterocycles. The Kier molecular flexibility index (Phi) is 5.93. The number of aryl methyl sites for hydroxylation is 2. The van der Waals surface area contributed by atoms with Crippen LogP contribution in [0.3, 0.4) is 0 Å². The summed E-state index contributed by atoms with van der Waals surface area (Å²) in [6.45, 7) is 3.02. The number of anilines is 1. The Bertz CT molecular complexity index is 1120. The second-order valence-electron chi connectivity index (χ2n) is 7.51. The SMILES string of the molecule is CCCCN1C(=O)c2ccc(C(=O)Nc3ccnn3CCc3ccccc3)cc2C1=O. The number of carbonyl (C=O) groups excluding carboxylic acids is 3. The lowest BCUT2D eigenvalue weighted by molar-refractivity contribution is 0.0652. The largest absolute Gasteiger partial charge is 0.307 e. The third kappa shape index (κ3) is 4.26. The maximum absolute atomic E-state index is 12.8. The Balaban J connectivity index is 1.46. The Morgan fingerprint density at radius 2 is 1.74 bits per heavy atom. The van der Waals surface area contributed by atoms with E-state index in [0.29, 0.717) is 30.0 Å². The molecule has 0 saturated heterocycles. The molecule has 31 heavy (non-hydrogen) atoms. The highest BCUT2D eigenvalue weighted by Crippen LogP contribution is 2.25. The number of benzene rings is 2. The lowest BCUT2D eigenvalue weighted by Gasteiger charge is -2.12. The van der Waals surface area contributed by atoms with Crippen LogP contribution in [-0.4, -0.2) is 38.9 Å². The average molecular weight is 416 g/mol. The van der Waals surface area contributed by atoms with Crippen molar-refractivity contribution in [3.05, 3.63) is 83.0 Å². The molecule has 158 valence electrons. The van der Waals surface area contributed by atoms with Gasteiger partial charge in [0.05, 0.1) is 17.3 Å². The van der Waals surface area contributed by atoms with Crippen molar-refractivity contribution in [2.75, 3.05) is 11.9 Å². The minimum Gasteiger partial charge on any atom is -0.307 e. The van der Waals surface area contributed by atoms with Crippen LogP contribution < -0.4 is 5.32 Å². The molecule has 1 aliphatic rings. The van der Waals surface area contributed by atoms with Gasteiger partial charge in [0, 0.05) is 24.7 Å². The molecule has 0 aliphatic carbocycles. The molecule has 2 heterocycles. The third-order valence-corrected chi connectivity index (χ3v) is 5.38. The average Bonchev–Trinajstić information content (AvgIpc) is 3.33. The molecular formula is C24H24N4O3. The van der Waals surface area contributed by atoms with Crippen LogP contribution in [0.4, 0.5) is 5.82 Å². The van der Waals surface area contributed by atoms with Crippen molar-refractivity contribution < 1.29 is 14.4 Å². The summed E-state index contributed by atoms with van der Waals surface area (Å²) in [5.41, 5.74) is 2.15. The van der Waals surface area contributed by atoms with Crippen LogP contribution >= 0.6 is 0 Å². The van der Waals surface area contributed by atoms with Crippen molar-refractivity contribution in [3.8, 4) is 0 Å². The molecule has 4 rings (SSSR count). The highest BCUT2D eigenvalue weighted by molar-refractivity contribution is 6.22. The van der Waals surface area contributed by atoms with Gasteiger partial charge in [0.15, 0.2) is 0 Å². The van der Waals surface area contributed by atoms with Crippen LogP contribution in [0.5, 0.6) is 0 Å². The standard InChI is InChI=1S/C24H24N4O3/c1-2-3-14-27-23(30)19-10-9-18(16-20(19)24(27)31)22(29)26-21-11-13-25-28(21)15-12-17-7-5-4-6-8-17/h4-11,13,16H,2-3,12,14-15H2,1H3,(H,26,29). The number of rotatable bonds is 8. The van der Waals surface area contributed by atoms with E-state index in [-0.39, 0.29) is 23.3 Å². The Morgan fingerprint density at radius 3 is 2.52 bits per heavy atom. The third-order valence-electron chi connectivity index (χ3n) is 5.38. The van der Waals surface area contributed by atoms with Gasteiger partial charge in [0.1, 0.15) is 5.82 Å². The highest BCUT2D eigenvalue weighted by atomic mass is 16.2. The van der Waals surface area contributed by atoms with Crippen molar-refractivity contribution in [2.24, 2.45) is 0 Å². The minimum absolute atomic E-state index is 0.284. The quantitative estimate of drug-likeness (QED) is 0.567. The second-order valence-corrected chi connectivity index (χ2v) is 7.51. The number of fused-ring (bicyclic) bond motifs is 1. The zero-order chi connectivity index (χ0) is 21.8. The molecule has 0 unspecified atom stereocenters. The van der Waals surface area contributed by atoms with Crippen LogP contribution in [0.15, 0.2) is 60.8 Å². The number of aromatic nitrogens is 2. The first-order chi connectivity index (χ1) is 15.1. The van der Waals surface area contributed by atoms with Gasteiger partial charge < -0.3 is 5.32 Å². The zero-order valence-corrected chi connectivity index (χ0v) is 17.4. The first kappa shape index (κ1) is 20.5. The fraction of sp³-hybridized carbons (Fsp3) is 0.250. The Labute approximate surface area is 180 Å². The van der Waals surface area contributed by atoms with Crippen molar-refractivity contribution in [1.82, 2.24) is 14.7 Å². The number of amides is 3. The van der Waals surface area contributed by atoms with E-state index in [1.807, 2.05) is 37.3 Å². The van der Waals surface area contributed by atoms with Crippen molar-refractivity contribution in [1.29, 1.82) is 0 Å². The van der Waals surface area contributed by atoms with Gasteiger partial charge in [-0.25, -0.2) is 4.68 Å². The molecule has 1 aliphatic heterocycles. The van der Waals surface area contributed by atoms with Gasteiger partial charge in [-0.05, 0) is 36.6 Å². The predicted molar refractivity (Wildman–Crippen MR) is 117 cm³/mol. The predicted octanol–water partition coefficient (Wildman–Crippen LogP) is 3.77. The molecule has 0 radical (unpaired) electrons. The Morgan fingerprint density at radius 1 is 0.968 bits per heavy atom. The van der Waals surface area contributed by atoms with Gasteiger partial charge in [-0.3, -0.25) is 19.3 Å². The molecule has 0 atom stereocenters. The van der Waals surface area contributed by atoms with Crippen molar-refractivity contribution in [2.45, 2.75) is 32.7 Å². The van der Waals surface area contributed by atoms with E-state index in [1.54, 1.807) is 29.1 Å². The zero-order valence-electron chi connectivity index (χ0n) is 17.4. The van der Waals surface area contributed by atoms with Crippen LogP contribution in [0.2, 0.25) is 0 Å². The van der Waals surface area contributed by atoms with E-state index < -0.39 is 0 Å². The lowest BCUT2D eigenvalue weighted by atomic mass is 10.1. The molecular weight excluding hydrogens is 392 g/mol. The van der Waals surface area contributed by atoms with Crippen LogP contribution in [-0.2, 0) is 13.0 Å². The highest BCUT2D eigenvalue weighted by Gasteiger charge is 2.35. The van der Waals surface area contributed by atoms with Gasteiger partial charge in [-0.2, -0.15) is 5.10 Å². The van der Waals surface area contributed by atoms with E-state index in [2.05, 4.69) is 10.4 Å². The minimum atomic E-state index is -0.350. The molecule has 0 bridgehead atoms. The monoisotopic (exact) mass is 416 g/mol. The number of hydrogen-bond donors (Lipinski definition) is 1. The van der Waals surface area contributed by atoms with Gasteiger partial charge in [-0.15, -0.1) is 0 Å². The molecule has 0 saturated carbocycles. The number of unbranched alkanes of at least 4 members (excludes halogenated alkanes) is 1. The summed E-state index contributed by atoms with van der Waals surface area (Å²) in [5.74, 6) is -0.402. The van der Waals surface area contributed by atoms with E-state index in [4.69, 9.17) is 0 Å². The van der Waals surface area contributed by atoms with Crippen LogP contribution in [0.1, 0.15) is 56.4 Å². The molecule has 2 aromatic carbocycles. The van der Waals surface area contributed by atoms with Crippen molar-refractivity contribution in [3.63, 3.8) is 0 Å². The van der Waals surface area contributed by atoms with Crippen LogP contribution in [0, 0.1) is 0 Å². The first-order valence-electron chi connectivity index (χ1n) is 10.5. The fourth-order valence-corrected chi connectivity index (χ4v) is 3.64. The van der Waals surface area contributed by atoms with Gasteiger partial charge in [-0.1, -0.05) is 43.7 Å². The second kappa shape index (κ2) is 8.95. The van der Waals surface area contributed by atoms with Gasteiger partial charge in [0.25, 0.3) is 17.7 Å². The summed E-state index contributed by atoms with van der Waals surface area (Å²) < 4.78 is 1.74. The summed E-state index contributed by atoms with van der Waals surface area (Å²) in [5, 5.41) is 7.15. The molecule has 1 N–H and O–H groups in total. The van der Waals surface area contributed by atoms with Crippen LogP contribution in [0.25, 0.3) is 0 Å². The molecule has 7 nitrogen and oxygen atoms in total. The number of nitrogens with zero attached hydrogens (tertiary/aromatic N) is 3. The lowest BCUT2D eigenvalue weighted by Crippen LogP contribution is -2.30. The molecule has 3 amide bonds. The smallest absolute Gasteiger partial charge is 0.261 e. The summed E-state index contributed by atoms with van der Waals surface area (Å²) in [6, 6.07) is 16.4. The number of imide groups is 1. The maximum atomic E-state index is 12.8. The summed E-state index contributed by atoms with van der Waals surface area (Å²) in [6.07, 6.45) is 4.07. The number of hydrogen-bond acceptors (Lipinski definition) is 4. The van der Waals surface area contributed by atoms with E-state index >= 15 is 0 Å². The topological polar surface area (TPSA) is 84.3 Å². The molecule has 0 fully saturated rings. The number of nitrogens with one attached hydrogen (secondary N) is 1. The summed E-state index contributed by atoms with van der Waals surface area (Å²) in [7, 11) is 0. The van der Waals surface area contributed by atoms with Gasteiger partial charge in [0.2, 0.25) is 0 Å². The summed E-state index contributed by atoms with van der Waals surface area (Å²) in [4.78, 5) is 39.2. The van der Waals surface area contributed by atoms with E-state index in [0.717, 1.165) is 19.3 Å². The van der Waals surface area contributed by atoms with E-state index in [9.17, 15) is 14.4 Å². The fourth-order valence-electron chi connectivity index (χ4n) is 3.64.